The fourth-order valence-electron chi connectivity index (χ4n) is 2.17. The molecule has 0 radical (unpaired) electrons. The Kier molecular flexibility index (Phi) is 4.78. The molecule has 1 fully saturated rings. The quantitative estimate of drug-likeness (QED) is 0.869. The topological polar surface area (TPSA) is 66.5 Å². The number of rotatable bonds is 6. The van der Waals surface area contributed by atoms with Crippen LogP contribution in [-0.2, 0) is 14.8 Å². The smallest absolute Gasteiger partial charge is 0.244 e. The first kappa shape index (κ1) is 16.1. The number of sulfonamides is 1. The maximum absolute atomic E-state index is 12.3. The monoisotopic (exact) mass is 330 g/mol. The van der Waals surface area contributed by atoms with Gasteiger partial charge in [-0.3, -0.25) is 9.10 Å². The van der Waals surface area contributed by atoms with Gasteiger partial charge in [-0.15, -0.1) is 0 Å². The summed E-state index contributed by atoms with van der Waals surface area (Å²) in [6.45, 7) is 1.80. The van der Waals surface area contributed by atoms with Gasteiger partial charge in [0.25, 0.3) is 0 Å². The number of nitrogens with one attached hydrogen (secondary N) is 1. The number of carbonyl (C=O) groups excluding carboxylic acids is 1. The lowest BCUT2D eigenvalue weighted by atomic mass is 10.2. The van der Waals surface area contributed by atoms with Gasteiger partial charge in [0.2, 0.25) is 15.9 Å². The molecule has 1 unspecified atom stereocenters. The van der Waals surface area contributed by atoms with Crippen LogP contribution >= 0.6 is 11.6 Å². The maximum Gasteiger partial charge on any atom is 0.244 e. The zero-order valence-electron chi connectivity index (χ0n) is 12.0. The van der Waals surface area contributed by atoms with E-state index in [9.17, 15) is 13.2 Å². The van der Waals surface area contributed by atoms with E-state index < -0.39 is 16.1 Å². The molecular formula is C14H19ClN2O3S. The third-order valence-corrected chi connectivity index (χ3v) is 4.77. The third kappa shape index (κ3) is 4.11. The van der Waals surface area contributed by atoms with Gasteiger partial charge in [-0.2, -0.15) is 0 Å². The molecule has 1 aliphatic rings. The Morgan fingerprint density at radius 2 is 1.95 bits per heavy atom. The van der Waals surface area contributed by atoms with E-state index in [1.54, 1.807) is 31.2 Å². The molecule has 0 spiro atoms. The Hall–Kier alpha value is -1.27. The number of hydrogen-bond acceptors (Lipinski definition) is 3. The second-order valence-corrected chi connectivity index (χ2v) is 7.54. The molecule has 2 rings (SSSR count). The van der Waals surface area contributed by atoms with Gasteiger partial charge >= 0.3 is 0 Å². The largest absolute Gasteiger partial charge is 0.352 e. The van der Waals surface area contributed by atoms with Crippen LogP contribution in [0.2, 0.25) is 5.02 Å². The average Bonchev–Trinajstić information content (AvgIpc) is 3.19. The number of benzene rings is 1. The summed E-state index contributed by atoms with van der Waals surface area (Å²) in [5, 5.41) is 3.38. The number of nitrogens with zero attached hydrogens (tertiary/aromatic N) is 1. The van der Waals surface area contributed by atoms with E-state index in [0.29, 0.717) is 17.1 Å². The molecule has 21 heavy (non-hydrogen) atoms. The summed E-state index contributed by atoms with van der Waals surface area (Å²) in [4.78, 5) is 12.3. The van der Waals surface area contributed by atoms with Gasteiger partial charge in [0.15, 0.2) is 0 Å². The Labute approximate surface area is 130 Å². The summed E-state index contributed by atoms with van der Waals surface area (Å²) in [5.41, 5.74) is 0.444. The number of amides is 1. The number of hydrogen-bond donors (Lipinski definition) is 1. The Morgan fingerprint density at radius 1 is 1.38 bits per heavy atom. The minimum absolute atomic E-state index is 0.193. The minimum atomic E-state index is -3.57. The van der Waals surface area contributed by atoms with Gasteiger partial charge in [-0.05, 0) is 43.5 Å². The van der Waals surface area contributed by atoms with Crippen LogP contribution in [0, 0.1) is 0 Å². The SMILES string of the molecule is CCC(C(=O)NC1CC1)N(c1ccc(Cl)cc1)S(C)(=O)=O. The summed E-state index contributed by atoms with van der Waals surface area (Å²) in [6.07, 6.45) is 3.42. The molecule has 1 aromatic rings. The van der Waals surface area contributed by atoms with E-state index in [-0.39, 0.29) is 11.9 Å². The summed E-state index contributed by atoms with van der Waals surface area (Å²) in [5.74, 6) is -0.250. The molecule has 0 aromatic heterocycles. The Morgan fingerprint density at radius 3 is 2.38 bits per heavy atom. The van der Waals surface area contributed by atoms with E-state index >= 15 is 0 Å². The summed E-state index contributed by atoms with van der Waals surface area (Å²) in [6, 6.07) is 5.88. The molecule has 1 saturated carbocycles. The van der Waals surface area contributed by atoms with Crippen molar-refractivity contribution in [1.29, 1.82) is 0 Å². The van der Waals surface area contributed by atoms with Crippen LogP contribution in [0.4, 0.5) is 5.69 Å². The first-order chi connectivity index (χ1) is 9.82. The molecule has 0 heterocycles. The van der Waals surface area contributed by atoms with Crippen molar-refractivity contribution in [3.05, 3.63) is 29.3 Å². The predicted molar refractivity (Wildman–Crippen MR) is 84.0 cm³/mol. The van der Waals surface area contributed by atoms with Gasteiger partial charge in [-0.25, -0.2) is 8.42 Å². The van der Waals surface area contributed by atoms with Crippen molar-refractivity contribution in [2.75, 3.05) is 10.6 Å². The van der Waals surface area contributed by atoms with Crippen molar-refractivity contribution in [3.63, 3.8) is 0 Å². The Balaban J connectivity index is 2.33. The van der Waals surface area contributed by atoms with Crippen molar-refractivity contribution < 1.29 is 13.2 Å². The van der Waals surface area contributed by atoms with Crippen molar-refractivity contribution in [2.45, 2.75) is 38.3 Å². The molecule has 5 nitrogen and oxygen atoms in total. The molecule has 1 aromatic carbocycles. The van der Waals surface area contributed by atoms with Crippen LogP contribution in [0.3, 0.4) is 0 Å². The first-order valence-corrected chi connectivity index (χ1v) is 9.11. The summed E-state index contributed by atoms with van der Waals surface area (Å²) < 4.78 is 25.4. The van der Waals surface area contributed by atoms with Crippen molar-refractivity contribution in [3.8, 4) is 0 Å². The van der Waals surface area contributed by atoms with E-state index in [2.05, 4.69) is 5.32 Å². The van der Waals surface area contributed by atoms with Gasteiger partial charge in [-0.1, -0.05) is 18.5 Å². The van der Waals surface area contributed by atoms with Gasteiger partial charge in [0, 0.05) is 11.1 Å². The zero-order chi connectivity index (χ0) is 15.6. The van der Waals surface area contributed by atoms with E-state index in [1.165, 1.54) is 4.31 Å². The lowest BCUT2D eigenvalue weighted by Crippen LogP contribution is -2.49. The van der Waals surface area contributed by atoms with Crippen LogP contribution in [0.25, 0.3) is 0 Å². The molecular weight excluding hydrogens is 312 g/mol. The Bertz CT molecular complexity index is 612. The van der Waals surface area contributed by atoms with E-state index in [4.69, 9.17) is 11.6 Å². The van der Waals surface area contributed by atoms with Crippen molar-refractivity contribution in [1.82, 2.24) is 5.32 Å². The average molecular weight is 331 g/mol. The molecule has 7 heteroatoms. The van der Waals surface area contributed by atoms with E-state index in [1.807, 2.05) is 0 Å². The van der Waals surface area contributed by atoms with Crippen LogP contribution in [-0.4, -0.2) is 32.7 Å². The molecule has 0 aliphatic heterocycles. The molecule has 0 saturated heterocycles. The normalized spacial score (nSPS) is 16.3. The zero-order valence-corrected chi connectivity index (χ0v) is 13.6. The number of carbonyl (C=O) groups is 1. The maximum atomic E-state index is 12.3. The highest BCUT2D eigenvalue weighted by Gasteiger charge is 2.34. The molecule has 0 bridgehead atoms. The molecule has 1 aliphatic carbocycles. The highest BCUT2D eigenvalue weighted by molar-refractivity contribution is 7.92. The van der Waals surface area contributed by atoms with E-state index in [0.717, 1.165) is 19.1 Å². The summed E-state index contributed by atoms with van der Waals surface area (Å²) in [7, 11) is -3.57. The van der Waals surface area contributed by atoms with Crippen LogP contribution in [0.1, 0.15) is 26.2 Å². The fraction of sp³-hybridized carbons (Fsp3) is 0.500. The highest BCUT2D eigenvalue weighted by atomic mass is 35.5. The predicted octanol–water partition coefficient (Wildman–Crippen LogP) is 2.16. The molecule has 1 amide bonds. The molecule has 116 valence electrons. The number of anilines is 1. The first-order valence-electron chi connectivity index (χ1n) is 6.88. The lowest BCUT2D eigenvalue weighted by molar-refractivity contribution is -0.122. The van der Waals surface area contributed by atoms with Crippen molar-refractivity contribution >= 4 is 33.2 Å². The van der Waals surface area contributed by atoms with Gasteiger partial charge < -0.3 is 5.32 Å². The van der Waals surface area contributed by atoms with Crippen LogP contribution in [0.15, 0.2) is 24.3 Å². The standard InChI is InChI=1S/C14H19ClN2O3S/c1-3-13(14(18)16-11-6-7-11)17(21(2,19)20)12-8-4-10(15)5-9-12/h4-5,8-9,11,13H,3,6-7H2,1-2H3,(H,16,18). The second-order valence-electron chi connectivity index (χ2n) is 5.24. The highest BCUT2D eigenvalue weighted by Crippen LogP contribution is 2.25. The van der Waals surface area contributed by atoms with Gasteiger partial charge in [0.05, 0.1) is 11.9 Å². The lowest BCUT2D eigenvalue weighted by Gasteiger charge is -2.30. The summed E-state index contributed by atoms with van der Waals surface area (Å²) >= 11 is 5.84. The van der Waals surface area contributed by atoms with Crippen LogP contribution in [0.5, 0.6) is 0 Å². The fourth-order valence-corrected chi connectivity index (χ4v) is 3.51. The molecule has 1 atom stereocenters. The van der Waals surface area contributed by atoms with Crippen LogP contribution < -0.4 is 9.62 Å². The van der Waals surface area contributed by atoms with Crippen molar-refractivity contribution in [2.24, 2.45) is 0 Å². The minimum Gasteiger partial charge on any atom is -0.352 e. The molecule has 1 N–H and O–H groups in total. The third-order valence-electron chi connectivity index (χ3n) is 3.33. The van der Waals surface area contributed by atoms with Gasteiger partial charge in [0.1, 0.15) is 6.04 Å². The second kappa shape index (κ2) is 6.23. The number of halogens is 1.